The average molecular weight is 302 g/mol. The number of rotatable bonds is 3. The Morgan fingerprint density at radius 3 is 3.00 bits per heavy atom. The fourth-order valence-corrected chi connectivity index (χ4v) is 3.05. The molecule has 116 valence electrons. The molecule has 0 saturated carbocycles. The minimum absolute atomic E-state index is 0.206. The number of nitriles is 1. The molecule has 6 heteroatoms. The third-order valence-electron chi connectivity index (χ3n) is 4.19. The molecule has 1 unspecified atom stereocenters. The fourth-order valence-electron chi connectivity index (χ4n) is 3.05. The number of carbonyl (C=O) groups is 1. The van der Waals surface area contributed by atoms with E-state index in [0.29, 0.717) is 24.5 Å². The molecule has 0 radical (unpaired) electrons. The van der Waals surface area contributed by atoms with Crippen molar-refractivity contribution in [3.8, 4) is 17.6 Å². The van der Waals surface area contributed by atoms with E-state index in [0.717, 1.165) is 5.56 Å². The average Bonchev–Trinajstić information content (AvgIpc) is 3.11. The maximum atomic E-state index is 12.0. The maximum absolute atomic E-state index is 12.0. The summed E-state index contributed by atoms with van der Waals surface area (Å²) in [6.45, 7) is 4.16. The van der Waals surface area contributed by atoms with Crippen molar-refractivity contribution in [1.82, 2.24) is 5.32 Å². The Bertz CT molecular complexity index is 640. The minimum Gasteiger partial charge on any atom is -0.465 e. The molecule has 2 aliphatic heterocycles. The van der Waals surface area contributed by atoms with Crippen molar-refractivity contribution in [1.29, 1.82) is 5.26 Å². The third kappa shape index (κ3) is 2.38. The number of esters is 1. The molecule has 2 aliphatic rings. The first-order chi connectivity index (χ1) is 10.6. The summed E-state index contributed by atoms with van der Waals surface area (Å²) >= 11 is 0. The van der Waals surface area contributed by atoms with E-state index < -0.39 is 11.5 Å². The first kappa shape index (κ1) is 14.7. The zero-order valence-electron chi connectivity index (χ0n) is 12.6. The van der Waals surface area contributed by atoms with Crippen molar-refractivity contribution in [3.63, 3.8) is 0 Å². The van der Waals surface area contributed by atoms with E-state index in [4.69, 9.17) is 14.2 Å². The van der Waals surface area contributed by atoms with Crippen LogP contribution in [0.3, 0.4) is 0 Å². The van der Waals surface area contributed by atoms with Crippen LogP contribution in [-0.2, 0) is 9.53 Å². The lowest BCUT2D eigenvalue weighted by Crippen LogP contribution is -2.34. The molecule has 3 rings (SSSR count). The molecule has 0 aliphatic carbocycles. The summed E-state index contributed by atoms with van der Waals surface area (Å²) in [5.41, 5.74) is 0.214. The van der Waals surface area contributed by atoms with Gasteiger partial charge in [0.25, 0.3) is 0 Å². The number of fused-ring (bicyclic) bond motifs is 1. The molecule has 3 atom stereocenters. The normalized spacial score (nSPS) is 29.1. The summed E-state index contributed by atoms with van der Waals surface area (Å²) in [4.78, 5) is 12.0. The molecule has 1 fully saturated rings. The lowest BCUT2D eigenvalue weighted by atomic mass is 9.80. The lowest BCUT2D eigenvalue weighted by Gasteiger charge is -2.23. The SMILES string of the molecule is CCOC(=O)[C@@H]1C[C@](C)(C#N)C(c2ccc3c(c2)OCO3)N1. The predicted molar refractivity (Wildman–Crippen MR) is 77.2 cm³/mol. The highest BCUT2D eigenvalue weighted by Crippen LogP contribution is 2.45. The smallest absolute Gasteiger partial charge is 0.323 e. The standard InChI is InChI=1S/C16H18N2O4/c1-3-20-15(19)11-7-16(2,8-17)14(18-11)10-4-5-12-13(6-10)22-9-21-12/h4-6,11,14,18H,3,7,9H2,1-2H3/t11-,14?,16+/m0/s1. The van der Waals surface area contributed by atoms with Crippen LogP contribution in [-0.4, -0.2) is 25.4 Å². The van der Waals surface area contributed by atoms with E-state index in [1.165, 1.54) is 0 Å². The number of hydrogen-bond donors (Lipinski definition) is 1. The second-order valence-electron chi connectivity index (χ2n) is 5.75. The minimum atomic E-state index is -0.689. The fraction of sp³-hybridized carbons (Fsp3) is 0.500. The van der Waals surface area contributed by atoms with Gasteiger partial charge in [-0.3, -0.25) is 10.1 Å². The van der Waals surface area contributed by atoms with Gasteiger partial charge in [-0.2, -0.15) is 5.26 Å². The Morgan fingerprint density at radius 1 is 1.50 bits per heavy atom. The first-order valence-electron chi connectivity index (χ1n) is 7.31. The summed E-state index contributed by atoms with van der Waals surface area (Å²) in [7, 11) is 0. The molecule has 1 N–H and O–H groups in total. The molecule has 1 aromatic carbocycles. The summed E-state index contributed by atoms with van der Waals surface area (Å²) in [6.07, 6.45) is 0.418. The van der Waals surface area contributed by atoms with Crippen LogP contribution in [0.15, 0.2) is 18.2 Å². The van der Waals surface area contributed by atoms with Crippen LogP contribution in [0.2, 0.25) is 0 Å². The summed E-state index contributed by atoms with van der Waals surface area (Å²) in [6, 6.07) is 7.20. The largest absolute Gasteiger partial charge is 0.465 e. The van der Waals surface area contributed by atoms with Crippen LogP contribution in [0.4, 0.5) is 0 Å². The van der Waals surface area contributed by atoms with Gasteiger partial charge in [0.2, 0.25) is 6.79 Å². The van der Waals surface area contributed by atoms with Gasteiger partial charge >= 0.3 is 5.97 Å². The van der Waals surface area contributed by atoms with Gasteiger partial charge in [0.15, 0.2) is 11.5 Å². The van der Waals surface area contributed by atoms with E-state index in [1.54, 1.807) is 6.92 Å². The Morgan fingerprint density at radius 2 is 2.27 bits per heavy atom. The third-order valence-corrected chi connectivity index (χ3v) is 4.19. The molecule has 1 saturated heterocycles. The van der Waals surface area contributed by atoms with Crippen LogP contribution in [0, 0.1) is 16.7 Å². The lowest BCUT2D eigenvalue weighted by molar-refractivity contribution is -0.145. The summed E-state index contributed by atoms with van der Waals surface area (Å²) < 4.78 is 15.8. The molecule has 0 bridgehead atoms. The van der Waals surface area contributed by atoms with Gasteiger partial charge < -0.3 is 14.2 Å². The molecule has 2 heterocycles. The van der Waals surface area contributed by atoms with Crippen molar-refractivity contribution < 1.29 is 19.0 Å². The Hall–Kier alpha value is -2.26. The highest BCUT2D eigenvalue weighted by atomic mass is 16.7. The highest BCUT2D eigenvalue weighted by Gasteiger charge is 2.48. The second kappa shape index (κ2) is 5.50. The van der Waals surface area contributed by atoms with Crippen molar-refractivity contribution in [2.45, 2.75) is 32.4 Å². The summed E-state index contributed by atoms with van der Waals surface area (Å²) in [5, 5.41) is 12.8. The van der Waals surface area contributed by atoms with E-state index in [2.05, 4.69) is 11.4 Å². The number of carbonyl (C=O) groups excluding carboxylic acids is 1. The van der Waals surface area contributed by atoms with Gasteiger partial charge in [-0.15, -0.1) is 0 Å². The van der Waals surface area contributed by atoms with Crippen molar-refractivity contribution in [3.05, 3.63) is 23.8 Å². The number of ether oxygens (including phenoxy) is 3. The van der Waals surface area contributed by atoms with Gasteiger partial charge in [-0.1, -0.05) is 6.07 Å². The Kier molecular flexibility index (Phi) is 3.67. The van der Waals surface area contributed by atoms with Crippen molar-refractivity contribution in [2.75, 3.05) is 13.4 Å². The van der Waals surface area contributed by atoms with Gasteiger partial charge in [0, 0.05) is 0 Å². The van der Waals surface area contributed by atoms with Crippen LogP contribution in [0.25, 0.3) is 0 Å². The van der Waals surface area contributed by atoms with Gasteiger partial charge in [0.1, 0.15) is 6.04 Å². The highest BCUT2D eigenvalue weighted by molar-refractivity contribution is 5.76. The summed E-state index contributed by atoms with van der Waals surface area (Å²) in [5.74, 6) is 1.05. The molecule has 1 aromatic rings. The predicted octanol–water partition coefficient (Wildman–Crippen LogP) is 1.91. The topological polar surface area (TPSA) is 80.6 Å². The van der Waals surface area contributed by atoms with Gasteiger partial charge in [-0.05, 0) is 38.0 Å². The quantitative estimate of drug-likeness (QED) is 0.859. The second-order valence-corrected chi connectivity index (χ2v) is 5.75. The van der Waals surface area contributed by atoms with Gasteiger partial charge in [0.05, 0.1) is 24.1 Å². The first-order valence-corrected chi connectivity index (χ1v) is 7.31. The number of nitrogens with zero attached hydrogens (tertiary/aromatic N) is 1. The monoisotopic (exact) mass is 302 g/mol. The molecule has 22 heavy (non-hydrogen) atoms. The van der Waals surface area contributed by atoms with Crippen molar-refractivity contribution >= 4 is 5.97 Å². The van der Waals surface area contributed by atoms with E-state index >= 15 is 0 Å². The van der Waals surface area contributed by atoms with E-state index in [-0.39, 0.29) is 18.8 Å². The molecular weight excluding hydrogens is 284 g/mol. The van der Waals surface area contributed by atoms with Crippen LogP contribution >= 0.6 is 0 Å². The molecule has 0 amide bonds. The molecule has 0 aromatic heterocycles. The maximum Gasteiger partial charge on any atom is 0.323 e. The Labute approximate surface area is 129 Å². The zero-order chi connectivity index (χ0) is 15.7. The Balaban J connectivity index is 1.88. The van der Waals surface area contributed by atoms with E-state index in [9.17, 15) is 10.1 Å². The number of hydrogen-bond acceptors (Lipinski definition) is 6. The van der Waals surface area contributed by atoms with Gasteiger partial charge in [-0.25, -0.2) is 0 Å². The number of nitrogens with one attached hydrogen (secondary N) is 1. The van der Waals surface area contributed by atoms with Crippen LogP contribution in [0.1, 0.15) is 31.9 Å². The zero-order valence-corrected chi connectivity index (χ0v) is 12.6. The molecule has 0 spiro atoms. The number of benzene rings is 1. The van der Waals surface area contributed by atoms with E-state index in [1.807, 2.05) is 25.1 Å². The van der Waals surface area contributed by atoms with Crippen molar-refractivity contribution in [2.24, 2.45) is 5.41 Å². The molecule has 6 nitrogen and oxygen atoms in total. The molecular formula is C16H18N2O4. The van der Waals surface area contributed by atoms with Crippen LogP contribution in [0.5, 0.6) is 11.5 Å². The van der Waals surface area contributed by atoms with Crippen LogP contribution < -0.4 is 14.8 Å².